The van der Waals surface area contributed by atoms with E-state index in [1.165, 1.54) is 10.7 Å². The second kappa shape index (κ2) is 5.44. The first-order chi connectivity index (χ1) is 7.75. The van der Waals surface area contributed by atoms with E-state index in [0.29, 0.717) is 0 Å². The van der Waals surface area contributed by atoms with Crippen LogP contribution in [0.3, 0.4) is 0 Å². The smallest absolute Gasteiger partial charge is 0.0984 e. The first kappa shape index (κ1) is 14.6. The molecular weight excluding hydrogens is 232 g/mol. The molecule has 1 aromatic rings. The first-order valence-corrected chi connectivity index (χ1v) is 8.35. The Morgan fingerprint density at radius 1 is 1.41 bits per heavy atom. The minimum atomic E-state index is -0.162. The van der Waals surface area contributed by atoms with Gasteiger partial charge in [0.1, 0.15) is 0 Å². The molecule has 100 valence electrons. The maximum Gasteiger partial charge on any atom is 0.0984 e. The van der Waals surface area contributed by atoms with Crippen LogP contribution in [-0.2, 0) is 12.0 Å². The Kier molecular flexibility index (Phi) is 4.67. The van der Waals surface area contributed by atoms with Gasteiger partial charge in [-0.05, 0) is 24.5 Å². The van der Waals surface area contributed by atoms with Gasteiger partial charge < -0.3 is 5.11 Å². The van der Waals surface area contributed by atoms with Crippen LogP contribution in [0.5, 0.6) is 0 Å². The van der Waals surface area contributed by atoms with Crippen LogP contribution >= 0.6 is 10.9 Å². The van der Waals surface area contributed by atoms with Crippen molar-refractivity contribution in [1.82, 2.24) is 9.78 Å². The molecule has 17 heavy (non-hydrogen) atoms. The number of thiol groups is 1. The van der Waals surface area contributed by atoms with E-state index in [1.54, 1.807) is 0 Å². The fraction of sp³-hybridized carbons (Fsp3) is 0.769. The molecule has 0 aliphatic heterocycles. The maximum atomic E-state index is 9.17. The van der Waals surface area contributed by atoms with Crippen LogP contribution < -0.4 is 0 Å². The number of rotatable bonds is 4. The first-order valence-electron chi connectivity index (χ1n) is 6.12. The highest BCUT2D eigenvalue weighted by Gasteiger charge is 2.22. The zero-order chi connectivity index (χ0) is 13.2. The average molecular weight is 258 g/mol. The molecule has 1 heterocycles. The number of hydrogen-bond acceptors (Lipinski definition) is 2. The Morgan fingerprint density at radius 2 is 2.00 bits per heavy atom. The van der Waals surface area contributed by atoms with Crippen molar-refractivity contribution in [3.05, 3.63) is 11.8 Å². The molecule has 0 amide bonds. The SMILES string of the molecule is CC(CO)Cn1nc([SH](C)C)cc1C(C)(C)C. The van der Waals surface area contributed by atoms with Crippen molar-refractivity contribution < 1.29 is 5.11 Å². The number of aliphatic hydroxyl groups is 1. The molecule has 1 atom stereocenters. The summed E-state index contributed by atoms with van der Waals surface area (Å²) in [5.41, 5.74) is 1.37. The minimum absolute atomic E-state index is 0.103. The topological polar surface area (TPSA) is 38.0 Å². The van der Waals surface area contributed by atoms with Crippen LogP contribution in [-0.4, -0.2) is 34.0 Å². The molecule has 1 N–H and O–H groups in total. The van der Waals surface area contributed by atoms with Gasteiger partial charge in [-0.2, -0.15) is 5.10 Å². The quantitative estimate of drug-likeness (QED) is 0.814. The van der Waals surface area contributed by atoms with E-state index in [9.17, 15) is 0 Å². The largest absolute Gasteiger partial charge is 0.396 e. The maximum absolute atomic E-state index is 9.17. The van der Waals surface area contributed by atoms with Crippen molar-refractivity contribution in [2.24, 2.45) is 5.92 Å². The summed E-state index contributed by atoms with van der Waals surface area (Å²) in [4.78, 5) is 0. The lowest BCUT2D eigenvalue weighted by Crippen LogP contribution is -2.21. The summed E-state index contributed by atoms with van der Waals surface area (Å²) in [6.45, 7) is 9.69. The highest BCUT2D eigenvalue weighted by molar-refractivity contribution is 8.15. The standard InChI is InChI=1S/C13H26N2OS/c1-10(9-16)8-15-11(13(2,3)4)7-12(14-15)17(5)6/h7,10,16-17H,8-9H2,1-6H3. The highest BCUT2D eigenvalue weighted by atomic mass is 32.2. The number of aliphatic hydroxyl groups excluding tert-OH is 1. The van der Waals surface area contributed by atoms with E-state index in [1.807, 2.05) is 0 Å². The normalized spacial score (nSPS) is 14.9. The third-order valence-corrected chi connectivity index (χ3v) is 3.92. The number of hydrogen-bond donors (Lipinski definition) is 2. The molecule has 0 aliphatic rings. The van der Waals surface area contributed by atoms with Crippen LogP contribution in [0.1, 0.15) is 33.4 Å². The molecule has 0 saturated carbocycles. The summed E-state index contributed by atoms with van der Waals surface area (Å²) < 4.78 is 2.08. The van der Waals surface area contributed by atoms with Gasteiger partial charge in [0.25, 0.3) is 0 Å². The Morgan fingerprint density at radius 3 is 2.41 bits per heavy atom. The van der Waals surface area contributed by atoms with Gasteiger partial charge in [-0.15, -0.1) is 0 Å². The predicted molar refractivity (Wildman–Crippen MR) is 76.3 cm³/mol. The monoisotopic (exact) mass is 258 g/mol. The molecule has 1 rings (SSSR count). The second-order valence-corrected chi connectivity index (χ2v) is 8.25. The van der Waals surface area contributed by atoms with Gasteiger partial charge in [0.15, 0.2) is 0 Å². The summed E-state index contributed by atoms with van der Waals surface area (Å²) in [5.74, 6) is 0.254. The molecular formula is C13H26N2OS. The zero-order valence-corrected chi connectivity index (χ0v) is 12.8. The Labute approximate surface area is 108 Å². The molecule has 0 fully saturated rings. The molecule has 0 aliphatic carbocycles. The molecule has 0 aromatic carbocycles. The molecule has 0 spiro atoms. The van der Waals surface area contributed by atoms with Crippen molar-refractivity contribution >= 4 is 10.9 Å². The zero-order valence-electron chi connectivity index (χ0n) is 11.9. The molecule has 1 aromatic heterocycles. The van der Waals surface area contributed by atoms with Crippen molar-refractivity contribution in [2.45, 2.75) is 44.7 Å². The van der Waals surface area contributed by atoms with Crippen LogP contribution in [0, 0.1) is 5.92 Å². The summed E-state index contributed by atoms with van der Waals surface area (Å²) in [6, 6.07) is 2.23. The van der Waals surface area contributed by atoms with Gasteiger partial charge >= 0.3 is 0 Å². The van der Waals surface area contributed by atoms with Gasteiger partial charge in [-0.3, -0.25) is 4.68 Å². The van der Waals surface area contributed by atoms with Gasteiger partial charge in [-0.25, -0.2) is 10.9 Å². The van der Waals surface area contributed by atoms with Crippen molar-refractivity contribution in [1.29, 1.82) is 0 Å². The van der Waals surface area contributed by atoms with Crippen molar-refractivity contribution in [3.8, 4) is 0 Å². The lowest BCUT2D eigenvalue weighted by atomic mass is 9.92. The van der Waals surface area contributed by atoms with Gasteiger partial charge in [-0.1, -0.05) is 27.7 Å². The van der Waals surface area contributed by atoms with Crippen LogP contribution in [0.2, 0.25) is 0 Å². The van der Waals surface area contributed by atoms with E-state index in [2.05, 4.69) is 51.0 Å². The van der Waals surface area contributed by atoms with Crippen LogP contribution in [0.4, 0.5) is 0 Å². The van der Waals surface area contributed by atoms with E-state index in [0.717, 1.165) is 6.54 Å². The molecule has 0 saturated heterocycles. The Hall–Kier alpha value is -0.480. The lowest BCUT2D eigenvalue weighted by Gasteiger charge is -2.21. The molecule has 3 nitrogen and oxygen atoms in total. The number of nitrogens with zero attached hydrogens (tertiary/aromatic N) is 2. The van der Waals surface area contributed by atoms with Crippen LogP contribution in [0.15, 0.2) is 11.1 Å². The third kappa shape index (κ3) is 3.75. The Bertz CT molecular complexity index is 366. The third-order valence-electron chi connectivity index (χ3n) is 2.79. The molecule has 1 unspecified atom stereocenters. The summed E-state index contributed by atoms with van der Waals surface area (Å²) in [6.07, 6.45) is 4.45. The molecule has 0 radical (unpaired) electrons. The summed E-state index contributed by atoms with van der Waals surface area (Å²) >= 11 is 0. The van der Waals surface area contributed by atoms with Gasteiger partial charge in [0.2, 0.25) is 0 Å². The average Bonchev–Trinajstić information content (AvgIpc) is 2.61. The summed E-state index contributed by atoms with van der Waals surface area (Å²) in [5, 5.41) is 15.1. The minimum Gasteiger partial charge on any atom is -0.396 e. The van der Waals surface area contributed by atoms with Gasteiger partial charge in [0, 0.05) is 24.3 Å². The highest BCUT2D eigenvalue weighted by Crippen LogP contribution is 2.32. The molecule has 0 bridgehead atoms. The van der Waals surface area contributed by atoms with E-state index in [-0.39, 0.29) is 28.8 Å². The number of aromatic nitrogens is 2. The van der Waals surface area contributed by atoms with E-state index in [4.69, 9.17) is 10.2 Å². The van der Waals surface area contributed by atoms with E-state index >= 15 is 0 Å². The summed E-state index contributed by atoms with van der Waals surface area (Å²) in [7, 11) is -0.162. The van der Waals surface area contributed by atoms with Gasteiger partial charge in [0.05, 0.1) is 5.03 Å². The molecule has 4 heteroatoms. The van der Waals surface area contributed by atoms with E-state index < -0.39 is 0 Å². The van der Waals surface area contributed by atoms with Crippen molar-refractivity contribution in [3.63, 3.8) is 0 Å². The fourth-order valence-electron chi connectivity index (χ4n) is 1.72. The van der Waals surface area contributed by atoms with Crippen LogP contribution in [0.25, 0.3) is 0 Å². The predicted octanol–water partition coefficient (Wildman–Crippen LogP) is 2.43. The Balaban J connectivity index is 3.08. The second-order valence-electron chi connectivity index (χ2n) is 6.00. The lowest BCUT2D eigenvalue weighted by molar-refractivity contribution is 0.215. The fourth-order valence-corrected chi connectivity index (χ4v) is 2.38. The van der Waals surface area contributed by atoms with Crippen molar-refractivity contribution in [2.75, 3.05) is 19.1 Å².